The largest absolute Gasteiger partial charge is 0.491 e. The van der Waals surface area contributed by atoms with Crippen LogP contribution in [0.25, 0.3) is 0 Å². The molecule has 0 spiro atoms. The summed E-state index contributed by atoms with van der Waals surface area (Å²) in [4.78, 5) is 0. The molecule has 0 heterocycles. The first kappa shape index (κ1) is 27.2. The number of hydrogen-bond acceptors (Lipinski definition) is 5. The Bertz CT molecular complexity index is 896. The first-order chi connectivity index (χ1) is 15.5. The Labute approximate surface area is 199 Å². The minimum absolute atomic E-state index is 0.0634. The third-order valence-corrected chi connectivity index (χ3v) is 6.70. The van der Waals surface area contributed by atoms with Gasteiger partial charge in [0.25, 0.3) is 0 Å². The topological polar surface area (TPSA) is 79.2 Å². The quantitative estimate of drug-likeness (QED) is 0.445. The van der Waals surface area contributed by atoms with E-state index in [2.05, 4.69) is 38.1 Å². The molecule has 0 fully saturated rings. The first-order valence-corrected chi connectivity index (χ1v) is 11.9. The molecule has 5 nitrogen and oxygen atoms in total. The second kappa shape index (κ2) is 11.4. The van der Waals surface area contributed by atoms with Gasteiger partial charge in [0.2, 0.25) is 0 Å². The molecule has 33 heavy (non-hydrogen) atoms. The van der Waals surface area contributed by atoms with Crippen LogP contribution in [0, 0.1) is 19.3 Å². The normalized spacial score (nSPS) is 14.1. The van der Waals surface area contributed by atoms with Gasteiger partial charge >= 0.3 is 0 Å². The second-order valence-electron chi connectivity index (χ2n) is 10.1. The van der Waals surface area contributed by atoms with E-state index < -0.39 is 12.2 Å². The minimum Gasteiger partial charge on any atom is -0.491 e. The van der Waals surface area contributed by atoms with Crippen molar-refractivity contribution in [2.75, 3.05) is 19.8 Å². The van der Waals surface area contributed by atoms with Crippen LogP contribution in [0.15, 0.2) is 36.4 Å². The predicted molar refractivity (Wildman–Crippen MR) is 133 cm³/mol. The maximum absolute atomic E-state index is 10.3. The van der Waals surface area contributed by atoms with Gasteiger partial charge in [0.1, 0.15) is 30.8 Å². The summed E-state index contributed by atoms with van der Waals surface area (Å²) >= 11 is 0. The van der Waals surface area contributed by atoms with Crippen molar-refractivity contribution in [3.63, 3.8) is 0 Å². The van der Waals surface area contributed by atoms with Crippen LogP contribution in [0.2, 0.25) is 0 Å². The third kappa shape index (κ3) is 6.50. The minimum atomic E-state index is -0.886. The van der Waals surface area contributed by atoms with Crippen LogP contribution in [-0.4, -0.2) is 47.3 Å². The molecule has 0 saturated carbocycles. The number of aliphatic hydroxyl groups excluding tert-OH is 3. The zero-order valence-corrected chi connectivity index (χ0v) is 21.3. The van der Waals surface area contributed by atoms with Gasteiger partial charge in [-0.2, -0.15) is 0 Å². The molecule has 2 aromatic carbocycles. The molecule has 0 aliphatic rings. The van der Waals surface area contributed by atoms with E-state index in [-0.39, 0.29) is 30.7 Å². The Morgan fingerprint density at radius 1 is 0.788 bits per heavy atom. The number of aliphatic hydroxyl groups is 3. The summed E-state index contributed by atoms with van der Waals surface area (Å²) in [6, 6.07) is 12.6. The fraction of sp³-hybridized carbons (Fsp3) is 0.571. The Balaban J connectivity index is 2.31. The highest BCUT2D eigenvalue weighted by Gasteiger charge is 2.32. The Hall–Kier alpha value is -2.08. The molecule has 0 aliphatic heterocycles. The Kier molecular flexibility index (Phi) is 9.36. The van der Waals surface area contributed by atoms with Crippen LogP contribution in [-0.2, 0) is 5.41 Å². The average Bonchev–Trinajstić information content (AvgIpc) is 2.78. The van der Waals surface area contributed by atoms with Crippen molar-refractivity contribution in [1.82, 2.24) is 0 Å². The lowest BCUT2D eigenvalue weighted by Crippen LogP contribution is -2.32. The van der Waals surface area contributed by atoms with Crippen LogP contribution in [0.5, 0.6) is 11.5 Å². The Morgan fingerprint density at radius 3 is 1.61 bits per heavy atom. The molecule has 184 valence electrons. The summed E-state index contributed by atoms with van der Waals surface area (Å²) in [5.41, 5.74) is 4.12. The monoisotopic (exact) mass is 458 g/mol. The van der Waals surface area contributed by atoms with Gasteiger partial charge in [-0.25, -0.2) is 0 Å². The van der Waals surface area contributed by atoms with Crippen molar-refractivity contribution < 1.29 is 24.8 Å². The van der Waals surface area contributed by atoms with Crippen molar-refractivity contribution >= 4 is 0 Å². The molecule has 0 amide bonds. The molecule has 0 bridgehead atoms. The number of ether oxygens (including phenoxy) is 2. The molecule has 2 atom stereocenters. The van der Waals surface area contributed by atoms with Crippen molar-refractivity contribution in [1.29, 1.82) is 0 Å². The summed E-state index contributed by atoms with van der Waals surface area (Å²) in [6.07, 6.45) is 0.454. The standard InChI is InChI=1S/C28H42O5/c1-8-28(9-2,21-10-12-24(19(3)14-21)32-17-23(30)16-29)22-11-13-25(20(4)15-22)33-18-26(31)27(5,6)7/h10-15,23,26,29-31H,8-9,16-18H2,1-7H3. The van der Waals surface area contributed by atoms with E-state index in [1.165, 1.54) is 11.1 Å². The van der Waals surface area contributed by atoms with Crippen LogP contribution < -0.4 is 9.47 Å². The zero-order valence-electron chi connectivity index (χ0n) is 21.3. The van der Waals surface area contributed by atoms with Crippen LogP contribution in [0.1, 0.15) is 69.7 Å². The summed E-state index contributed by atoms with van der Waals surface area (Å²) in [5.74, 6) is 1.51. The van der Waals surface area contributed by atoms with Gasteiger partial charge in [-0.1, -0.05) is 58.9 Å². The molecule has 2 unspecified atom stereocenters. The summed E-state index contributed by atoms with van der Waals surface area (Å²) < 4.78 is 11.6. The van der Waals surface area contributed by atoms with E-state index in [4.69, 9.17) is 14.6 Å². The Morgan fingerprint density at radius 2 is 1.24 bits per heavy atom. The maximum atomic E-state index is 10.3. The van der Waals surface area contributed by atoms with Gasteiger partial charge in [0.15, 0.2) is 0 Å². The molecule has 3 N–H and O–H groups in total. The van der Waals surface area contributed by atoms with Gasteiger partial charge in [-0.05, 0) is 66.5 Å². The molecule has 0 aromatic heterocycles. The molecule has 0 saturated heterocycles. The van der Waals surface area contributed by atoms with Crippen LogP contribution in [0.3, 0.4) is 0 Å². The van der Waals surface area contributed by atoms with Crippen LogP contribution in [0.4, 0.5) is 0 Å². The van der Waals surface area contributed by atoms with Crippen molar-refractivity contribution in [2.45, 2.75) is 78.9 Å². The summed E-state index contributed by atoms with van der Waals surface area (Å²) in [7, 11) is 0. The molecule has 0 radical (unpaired) electrons. The molecule has 0 aliphatic carbocycles. The SMILES string of the molecule is CCC(CC)(c1ccc(OCC(O)CO)c(C)c1)c1ccc(OCC(O)C(C)(C)C)c(C)c1. The number of aryl methyl sites for hydroxylation is 2. The van der Waals surface area contributed by atoms with E-state index in [1.54, 1.807) is 0 Å². The van der Waals surface area contributed by atoms with Gasteiger partial charge in [0, 0.05) is 5.41 Å². The van der Waals surface area contributed by atoms with Crippen molar-refractivity contribution in [2.24, 2.45) is 5.41 Å². The van der Waals surface area contributed by atoms with E-state index in [9.17, 15) is 10.2 Å². The molecule has 2 rings (SSSR count). The number of hydrogen-bond donors (Lipinski definition) is 3. The molecular weight excluding hydrogens is 416 g/mol. The smallest absolute Gasteiger partial charge is 0.122 e. The fourth-order valence-electron chi connectivity index (χ4n) is 4.11. The maximum Gasteiger partial charge on any atom is 0.122 e. The van der Waals surface area contributed by atoms with Gasteiger partial charge in [-0.3, -0.25) is 0 Å². The van der Waals surface area contributed by atoms with Gasteiger partial charge in [-0.15, -0.1) is 0 Å². The first-order valence-electron chi connectivity index (χ1n) is 11.9. The van der Waals surface area contributed by atoms with Crippen molar-refractivity contribution in [3.8, 4) is 11.5 Å². The summed E-state index contributed by atoms with van der Waals surface area (Å²) in [5, 5.41) is 28.9. The fourth-order valence-corrected chi connectivity index (χ4v) is 4.11. The highest BCUT2D eigenvalue weighted by atomic mass is 16.5. The van der Waals surface area contributed by atoms with Gasteiger partial charge < -0.3 is 24.8 Å². The number of benzene rings is 2. The lowest BCUT2D eigenvalue weighted by atomic mass is 9.70. The number of rotatable bonds is 11. The van der Waals surface area contributed by atoms with E-state index in [1.807, 2.05) is 46.8 Å². The van der Waals surface area contributed by atoms with Crippen molar-refractivity contribution in [3.05, 3.63) is 58.7 Å². The molecule has 2 aromatic rings. The predicted octanol–water partition coefficient (Wildman–Crippen LogP) is 4.93. The van der Waals surface area contributed by atoms with E-state index in [0.717, 1.165) is 29.7 Å². The van der Waals surface area contributed by atoms with E-state index in [0.29, 0.717) is 5.75 Å². The van der Waals surface area contributed by atoms with E-state index >= 15 is 0 Å². The second-order valence-corrected chi connectivity index (χ2v) is 10.1. The van der Waals surface area contributed by atoms with Crippen LogP contribution >= 0.6 is 0 Å². The zero-order chi connectivity index (χ0) is 24.8. The lowest BCUT2D eigenvalue weighted by molar-refractivity contribution is 0.0216. The lowest BCUT2D eigenvalue weighted by Gasteiger charge is -2.34. The molecular formula is C28H42O5. The molecule has 5 heteroatoms. The third-order valence-electron chi connectivity index (χ3n) is 6.70. The van der Waals surface area contributed by atoms with Gasteiger partial charge in [0.05, 0.1) is 12.7 Å². The highest BCUT2D eigenvalue weighted by Crippen LogP contribution is 2.41. The summed E-state index contributed by atoms with van der Waals surface area (Å²) in [6.45, 7) is 14.5. The average molecular weight is 459 g/mol. The highest BCUT2D eigenvalue weighted by molar-refractivity contribution is 5.48.